The molecule has 29 heavy (non-hydrogen) atoms. The van der Waals surface area contributed by atoms with Crippen LogP contribution in [0.15, 0.2) is 42.6 Å². The van der Waals surface area contributed by atoms with E-state index in [2.05, 4.69) is 33.9 Å². The third-order valence-electron chi connectivity index (χ3n) is 5.55. The van der Waals surface area contributed by atoms with Crippen LogP contribution in [0.1, 0.15) is 42.6 Å². The Kier molecular flexibility index (Phi) is 6.11. The molecule has 2 aromatic rings. The highest BCUT2D eigenvalue weighted by Gasteiger charge is 2.22. The van der Waals surface area contributed by atoms with Crippen molar-refractivity contribution in [2.45, 2.75) is 45.4 Å². The molecule has 2 aliphatic heterocycles. The van der Waals surface area contributed by atoms with Gasteiger partial charge < -0.3 is 15.0 Å². The minimum Gasteiger partial charge on any atom is -0.373 e. The van der Waals surface area contributed by atoms with Gasteiger partial charge in [-0.15, -0.1) is 0 Å². The molecule has 6 heteroatoms. The van der Waals surface area contributed by atoms with Crippen molar-refractivity contribution < 1.29 is 9.53 Å². The smallest absolute Gasteiger partial charge is 0.255 e. The number of carbonyl (C=O) groups is 1. The van der Waals surface area contributed by atoms with Crippen molar-refractivity contribution in [1.82, 2.24) is 9.88 Å². The number of benzene rings is 1. The molecule has 2 fully saturated rings. The van der Waals surface area contributed by atoms with Crippen LogP contribution in [0.4, 0.5) is 11.5 Å². The van der Waals surface area contributed by atoms with Crippen LogP contribution >= 0.6 is 0 Å². The third kappa shape index (κ3) is 5.14. The van der Waals surface area contributed by atoms with Crippen LogP contribution in [0.3, 0.4) is 0 Å². The summed E-state index contributed by atoms with van der Waals surface area (Å²) < 4.78 is 5.80. The van der Waals surface area contributed by atoms with Gasteiger partial charge in [-0.1, -0.05) is 12.1 Å². The second-order valence-electron chi connectivity index (χ2n) is 8.20. The second-order valence-corrected chi connectivity index (χ2v) is 8.20. The predicted molar refractivity (Wildman–Crippen MR) is 115 cm³/mol. The maximum absolute atomic E-state index is 12.6. The minimum absolute atomic E-state index is 0.110. The highest BCUT2D eigenvalue weighted by Crippen LogP contribution is 2.20. The molecule has 0 radical (unpaired) electrons. The predicted octanol–water partition coefficient (Wildman–Crippen LogP) is 3.54. The number of hydrogen-bond acceptors (Lipinski definition) is 5. The molecule has 1 N–H and O–H groups in total. The zero-order chi connectivity index (χ0) is 20.2. The molecule has 4 rings (SSSR count). The Morgan fingerprint density at radius 2 is 1.76 bits per heavy atom. The lowest BCUT2D eigenvalue weighted by atomic mass is 10.1. The van der Waals surface area contributed by atoms with Gasteiger partial charge in [0.05, 0.1) is 24.1 Å². The lowest BCUT2D eigenvalue weighted by Crippen LogP contribution is -2.44. The average Bonchev–Trinajstić information content (AvgIpc) is 3.23. The Labute approximate surface area is 172 Å². The first-order valence-electron chi connectivity index (χ1n) is 10.6. The summed E-state index contributed by atoms with van der Waals surface area (Å²) in [5, 5.41) is 2.94. The van der Waals surface area contributed by atoms with Crippen LogP contribution in [-0.2, 0) is 11.3 Å². The third-order valence-corrected chi connectivity index (χ3v) is 5.55. The first-order valence-corrected chi connectivity index (χ1v) is 10.6. The molecule has 1 aromatic heterocycles. The first-order chi connectivity index (χ1) is 14.1. The molecule has 0 saturated carbocycles. The molecule has 0 spiro atoms. The van der Waals surface area contributed by atoms with Gasteiger partial charge >= 0.3 is 0 Å². The van der Waals surface area contributed by atoms with Crippen molar-refractivity contribution in [3.63, 3.8) is 0 Å². The molecule has 1 aromatic carbocycles. The van der Waals surface area contributed by atoms with E-state index in [9.17, 15) is 4.79 Å². The summed E-state index contributed by atoms with van der Waals surface area (Å²) in [6.45, 7) is 9.10. The van der Waals surface area contributed by atoms with Gasteiger partial charge in [0.25, 0.3) is 5.91 Å². The van der Waals surface area contributed by atoms with Gasteiger partial charge in [-0.25, -0.2) is 4.98 Å². The number of aromatic nitrogens is 1. The molecule has 2 unspecified atom stereocenters. The Morgan fingerprint density at radius 1 is 1.07 bits per heavy atom. The Bertz CT molecular complexity index is 806. The molecule has 6 nitrogen and oxygen atoms in total. The molecular weight excluding hydrogens is 364 g/mol. The van der Waals surface area contributed by atoms with Gasteiger partial charge in [-0.2, -0.15) is 0 Å². The highest BCUT2D eigenvalue weighted by atomic mass is 16.5. The summed E-state index contributed by atoms with van der Waals surface area (Å²) in [4.78, 5) is 21.7. The van der Waals surface area contributed by atoms with Gasteiger partial charge in [-0.05, 0) is 56.5 Å². The summed E-state index contributed by atoms with van der Waals surface area (Å²) in [6, 6.07) is 11.8. The normalized spacial score (nSPS) is 22.6. The van der Waals surface area contributed by atoms with Crippen LogP contribution in [0, 0.1) is 0 Å². The van der Waals surface area contributed by atoms with E-state index < -0.39 is 0 Å². The fraction of sp³-hybridized carbons (Fsp3) is 0.478. The molecule has 0 aliphatic carbocycles. The average molecular weight is 395 g/mol. The standard InChI is InChI=1S/C23H30N4O2/c1-17-14-26(15-18(2)29-17)16-19-5-7-20(8-6-19)23(28)25-21-9-10-22(24-13-21)27-11-3-4-12-27/h5-10,13,17-18H,3-4,11-12,14-16H2,1-2H3,(H,25,28). The van der Waals surface area contributed by atoms with Crippen molar-refractivity contribution in [2.24, 2.45) is 0 Å². The molecule has 154 valence electrons. The van der Waals surface area contributed by atoms with E-state index in [1.54, 1.807) is 6.20 Å². The van der Waals surface area contributed by atoms with E-state index in [1.807, 2.05) is 36.4 Å². The van der Waals surface area contributed by atoms with Gasteiger partial charge in [0.15, 0.2) is 0 Å². The fourth-order valence-electron chi connectivity index (χ4n) is 4.23. The molecule has 0 bridgehead atoms. The number of nitrogens with zero attached hydrogens (tertiary/aromatic N) is 3. The topological polar surface area (TPSA) is 57.7 Å². The van der Waals surface area contributed by atoms with Crippen molar-refractivity contribution >= 4 is 17.4 Å². The van der Waals surface area contributed by atoms with E-state index >= 15 is 0 Å². The molecule has 2 atom stereocenters. The van der Waals surface area contributed by atoms with Crippen LogP contribution in [-0.4, -0.2) is 54.2 Å². The van der Waals surface area contributed by atoms with Crippen molar-refractivity contribution in [3.8, 4) is 0 Å². The van der Waals surface area contributed by atoms with Crippen LogP contribution in [0.25, 0.3) is 0 Å². The summed E-state index contributed by atoms with van der Waals surface area (Å²) in [7, 11) is 0. The number of pyridine rings is 1. The van der Waals surface area contributed by atoms with Crippen LogP contribution < -0.4 is 10.2 Å². The van der Waals surface area contributed by atoms with Crippen molar-refractivity contribution in [1.29, 1.82) is 0 Å². The molecule has 2 aliphatic rings. The van der Waals surface area contributed by atoms with Crippen LogP contribution in [0.2, 0.25) is 0 Å². The zero-order valence-corrected chi connectivity index (χ0v) is 17.3. The van der Waals surface area contributed by atoms with Gasteiger partial charge in [0.2, 0.25) is 0 Å². The van der Waals surface area contributed by atoms with Gasteiger partial charge in [0.1, 0.15) is 5.82 Å². The number of morpholine rings is 1. The Morgan fingerprint density at radius 3 is 2.38 bits per heavy atom. The fourth-order valence-corrected chi connectivity index (χ4v) is 4.23. The Balaban J connectivity index is 1.33. The van der Waals surface area contributed by atoms with E-state index in [4.69, 9.17) is 4.74 Å². The van der Waals surface area contributed by atoms with Crippen molar-refractivity contribution in [3.05, 3.63) is 53.7 Å². The van der Waals surface area contributed by atoms with E-state index in [0.717, 1.165) is 44.2 Å². The SMILES string of the molecule is CC1CN(Cc2ccc(C(=O)Nc3ccc(N4CCCC4)nc3)cc2)CC(C)O1. The van der Waals surface area contributed by atoms with E-state index in [0.29, 0.717) is 5.56 Å². The van der Waals surface area contributed by atoms with Gasteiger partial charge in [-0.3, -0.25) is 9.69 Å². The number of ether oxygens (including phenoxy) is 1. The molecule has 3 heterocycles. The largest absolute Gasteiger partial charge is 0.373 e. The summed E-state index contributed by atoms with van der Waals surface area (Å²) in [5.74, 6) is 0.873. The molecular formula is C23H30N4O2. The molecule has 2 saturated heterocycles. The minimum atomic E-state index is -0.110. The van der Waals surface area contributed by atoms with Crippen LogP contribution in [0.5, 0.6) is 0 Å². The number of hydrogen-bond donors (Lipinski definition) is 1. The Hall–Kier alpha value is -2.44. The summed E-state index contributed by atoms with van der Waals surface area (Å²) in [6.07, 6.45) is 4.70. The monoisotopic (exact) mass is 394 g/mol. The summed E-state index contributed by atoms with van der Waals surface area (Å²) in [5.41, 5.74) is 2.58. The van der Waals surface area contributed by atoms with E-state index in [-0.39, 0.29) is 18.1 Å². The van der Waals surface area contributed by atoms with Crippen molar-refractivity contribution in [2.75, 3.05) is 36.4 Å². The maximum Gasteiger partial charge on any atom is 0.255 e. The second kappa shape index (κ2) is 8.93. The quantitative estimate of drug-likeness (QED) is 0.841. The molecule has 1 amide bonds. The first kappa shape index (κ1) is 19.9. The maximum atomic E-state index is 12.6. The highest BCUT2D eigenvalue weighted by molar-refractivity contribution is 6.04. The number of amides is 1. The number of nitrogens with one attached hydrogen (secondary N) is 1. The van der Waals surface area contributed by atoms with Gasteiger partial charge in [0, 0.05) is 38.3 Å². The number of carbonyl (C=O) groups excluding carboxylic acids is 1. The van der Waals surface area contributed by atoms with E-state index in [1.165, 1.54) is 18.4 Å². The number of anilines is 2. The number of rotatable bonds is 5. The lowest BCUT2D eigenvalue weighted by Gasteiger charge is -2.35. The lowest BCUT2D eigenvalue weighted by molar-refractivity contribution is -0.0704. The zero-order valence-electron chi connectivity index (χ0n) is 17.3. The summed E-state index contributed by atoms with van der Waals surface area (Å²) >= 11 is 0.